The van der Waals surface area contributed by atoms with Crippen molar-refractivity contribution in [1.82, 2.24) is 5.32 Å². The maximum Gasteiger partial charge on any atom is 0.223 e. The fourth-order valence-electron chi connectivity index (χ4n) is 3.50. The van der Waals surface area contributed by atoms with Crippen LogP contribution in [0.1, 0.15) is 31.7 Å². The molecule has 0 aliphatic heterocycles. The molecule has 0 aromatic heterocycles. The van der Waals surface area contributed by atoms with Crippen LogP contribution in [0.15, 0.2) is 54.6 Å². The molecule has 4 heteroatoms. The third kappa shape index (κ3) is 4.40. The van der Waals surface area contributed by atoms with Gasteiger partial charge in [-0.05, 0) is 56.0 Å². The minimum Gasteiger partial charge on any atom is -0.352 e. The molecule has 0 heterocycles. The standard InChI is InChI=1S/C21H27N3O/c1-2-24(19-6-4-3-5-7-19)20-12-8-16(9-13-20)15-23-21(25)17-10-11-18(22)14-17/h3-9,12-13,17-18H,2,10-11,14-15,22H2,1H3,(H,23,25). The molecule has 0 spiro atoms. The van der Waals surface area contributed by atoms with Gasteiger partial charge in [0, 0.05) is 36.4 Å². The van der Waals surface area contributed by atoms with Crippen LogP contribution in [0.5, 0.6) is 0 Å². The Bertz CT molecular complexity index is 684. The molecule has 1 saturated carbocycles. The number of para-hydroxylation sites is 1. The van der Waals surface area contributed by atoms with Crippen molar-refractivity contribution in [2.24, 2.45) is 11.7 Å². The van der Waals surface area contributed by atoms with Gasteiger partial charge < -0.3 is 16.0 Å². The largest absolute Gasteiger partial charge is 0.352 e. The Labute approximate surface area is 150 Å². The van der Waals surface area contributed by atoms with Gasteiger partial charge in [0.2, 0.25) is 5.91 Å². The lowest BCUT2D eigenvalue weighted by Crippen LogP contribution is -2.30. The number of carbonyl (C=O) groups excluding carboxylic acids is 1. The minimum absolute atomic E-state index is 0.0861. The molecular weight excluding hydrogens is 310 g/mol. The summed E-state index contributed by atoms with van der Waals surface area (Å²) >= 11 is 0. The molecule has 1 aliphatic carbocycles. The summed E-state index contributed by atoms with van der Waals surface area (Å²) in [7, 11) is 0. The van der Waals surface area contributed by atoms with E-state index in [2.05, 4.69) is 65.7 Å². The number of anilines is 2. The SMILES string of the molecule is CCN(c1ccccc1)c1ccc(CNC(=O)C2CCC(N)C2)cc1. The highest BCUT2D eigenvalue weighted by molar-refractivity contribution is 5.79. The Morgan fingerprint density at radius 3 is 2.36 bits per heavy atom. The number of nitrogens with one attached hydrogen (secondary N) is 1. The van der Waals surface area contributed by atoms with Crippen molar-refractivity contribution in [3.63, 3.8) is 0 Å². The first-order valence-corrected chi connectivity index (χ1v) is 9.12. The maximum absolute atomic E-state index is 12.2. The van der Waals surface area contributed by atoms with E-state index in [1.807, 2.05) is 6.07 Å². The fraction of sp³-hybridized carbons (Fsp3) is 0.381. The van der Waals surface area contributed by atoms with Crippen molar-refractivity contribution >= 4 is 17.3 Å². The van der Waals surface area contributed by atoms with E-state index in [0.717, 1.165) is 37.1 Å². The van der Waals surface area contributed by atoms with E-state index < -0.39 is 0 Å². The minimum atomic E-state index is 0.0861. The molecule has 4 nitrogen and oxygen atoms in total. The second-order valence-corrected chi connectivity index (χ2v) is 6.73. The quantitative estimate of drug-likeness (QED) is 0.847. The van der Waals surface area contributed by atoms with Gasteiger partial charge in [0.25, 0.3) is 0 Å². The van der Waals surface area contributed by atoms with Crippen molar-refractivity contribution in [3.8, 4) is 0 Å². The molecule has 2 unspecified atom stereocenters. The van der Waals surface area contributed by atoms with Crippen molar-refractivity contribution in [2.45, 2.75) is 38.8 Å². The number of carbonyl (C=O) groups is 1. The number of hydrogen-bond acceptors (Lipinski definition) is 3. The van der Waals surface area contributed by atoms with Gasteiger partial charge in [-0.1, -0.05) is 30.3 Å². The average Bonchev–Trinajstić information content (AvgIpc) is 3.09. The van der Waals surface area contributed by atoms with Gasteiger partial charge in [-0.2, -0.15) is 0 Å². The van der Waals surface area contributed by atoms with Gasteiger partial charge in [0.05, 0.1) is 0 Å². The van der Waals surface area contributed by atoms with Crippen LogP contribution in [0.2, 0.25) is 0 Å². The summed E-state index contributed by atoms with van der Waals surface area (Å²) in [5.74, 6) is 0.222. The lowest BCUT2D eigenvalue weighted by molar-refractivity contribution is -0.125. The van der Waals surface area contributed by atoms with E-state index in [1.54, 1.807) is 0 Å². The first-order valence-electron chi connectivity index (χ1n) is 9.12. The Hall–Kier alpha value is -2.33. The molecular formula is C21H27N3O. The number of amides is 1. The van der Waals surface area contributed by atoms with Crippen LogP contribution >= 0.6 is 0 Å². The highest BCUT2D eigenvalue weighted by Crippen LogP contribution is 2.26. The van der Waals surface area contributed by atoms with E-state index in [0.29, 0.717) is 6.54 Å². The molecule has 1 aliphatic rings. The van der Waals surface area contributed by atoms with E-state index in [4.69, 9.17) is 5.73 Å². The normalized spacial score (nSPS) is 19.6. The van der Waals surface area contributed by atoms with Gasteiger partial charge in [0.15, 0.2) is 0 Å². The van der Waals surface area contributed by atoms with Crippen LogP contribution in [0.3, 0.4) is 0 Å². The van der Waals surface area contributed by atoms with Crippen LogP contribution in [-0.4, -0.2) is 18.5 Å². The van der Waals surface area contributed by atoms with Gasteiger partial charge in [-0.3, -0.25) is 4.79 Å². The highest BCUT2D eigenvalue weighted by atomic mass is 16.1. The molecule has 2 aromatic rings. The third-order valence-corrected chi connectivity index (χ3v) is 4.94. The number of benzene rings is 2. The van der Waals surface area contributed by atoms with Gasteiger partial charge >= 0.3 is 0 Å². The van der Waals surface area contributed by atoms with Gasteiger partial charge in [-0.15, -0.1) is 0 Å². The average molecular weight is 337 g/mol. The fourth-order valence-corrected chi connectivity index (χ4v) is 3.50. The summed E-state index contributed by atoms with van der Waals surface area (Å²) in [6.45, 7) is 3.62. The van der Waals surface area contributed by atoms with Crippen molar-refractivity contribution in [3.05, 3.63) is 60.2 Å². The van der Waals surface area contributed by atoms with Gasteiger partial charge in [0.1, 0.15) is 0 Å². The van der Waals surface area contributed by atoms with Gasteiger partial charge in [-0.25, -0.2) is 0 Å². The summed E-state index contributed by atoms with van der Waals surface area (Å²) in [6.07, 6.45) is 2.68. The molecule has 2 aromatic carbocycles. The Morgan fingerprint density at radius 1 is 1.08 bits per heavy atom. The summed E-state index contributed by atoms with van der Waals surface area (Å²) in [6, 6.07) is 18.9. The molecule has 0 radical (unpaired) electrons. The predicted octanol–water partition coefficient (Wildman–Crippen LogP) is 3.59. The Balaban J connectivity index is 1.59. The lowest BCUT2D eigenvalue weighted by atomic mass is 10.1. The summed E-state index contributed by atoms with van der Waals surface area (Å²) in [5, 5.41) is 3.05. The molecule has 1 fully saturated rings. The molecule has 132 valence electrons. The van der Waals surface area contributed by atoms with Crippen LogP contribution in [0.4, 0.5) is 11.4 Å². The number of rotatable bonds is 6. The molecule has 3 N–H and O–H groups in total. The molecule has 25 heavy (non-hydrogen) atoms. The van der Waals surface area contributed by atoms with Crippen LogP contribution in [-0.2, 0) is 11.3 Å². The van der Waals surface area contributed by atoms with E-state index >= 15 is 0 Å². The second-order valence-electron chi connectivity index (χ2n) is 6.73. The van der Waals surface area contributed by atoms with Crippen LogP contribution in [0.25, 0.3) is 0 Å². The molecule has 0 saturated heterocycles. The molecule has 2 atom stereocenters. The lowest BCUT2D eigenvalue weighted by Gasteiger charge is -2.23. The summed E-state index contributed by atoms with van der Waals surface area (Å²) in [5.41, 5.74) is 9.35. The zero-order chi connectivity index (χ0) is 17.6. The first kappa shape index (κ1) is 17.5. The van der Waals surface area contributed by atoms with Crippen molar-refractivity contribution in [1.29, 1.82) is 0 Å². The second kappa shape index (κ2) is 8.17. The number of hydrogen-bond donors (Lipinski definition) is 2. The molecule has 1 amide bonds. The topological polar surface area (TPSA) is 58.4 Å². The Kier molecular flexibility index (Phi) is 5.71. The summed E-state index contributed by atoms with van der Waals surface area (Å²) in [4.78, 5) is 14.5. The highest BCUT2D eigenvalue weighted by Gasteiger charge is 2.27. The smallest absolute Gasteiger partial charge is 0.223 e. The van der Waals surface area contributed by atoms with E-state index in [-0.39, 0.29) is 17.9 Å². The molecule has 0 bridgehead atoms. The zero-order valence-corrected chi connectivity index (χ0v) is 14.8. The van der Waals surface area contributed by atoms with Crippen molar-refractivity contribution in [2.75, 3.05) is 11.4 Å². The zero-order valence-electron chi connectivity index (χ0n) is 14.8. The maximum atomic E-state index is 12.2. The monoisotopic (exact) mass is 337 g/mol. The van der Waals surface area contributed by atoms with E-state index in [9.17, 15) is 4.79 Å². The number of nitrogens with two attached hydrogens (primary N) is 1. The molecule has 3 rings (SSSR count). The first-order chi connectivity index (χ1) is 12.2. The summed E-state index contributed by atoms with van der Waals surface area (Å²) < 4.78 is 0. The van der Waals surface area contributed by atoms with Crippen molar-refractivity contribution < 1.29 is 4.79 Å². The third-order valence-electron chi connectivity index (χ3n) is 4.94. The Morgan fingerprint density at radius 2 is 1.76 bits per heavy atom. The van der Waals surface area contributed by atoms with E-state index in [1.165, 1.54) is 5.69 Å². The predicted molar refractivity (Wildman–Crippen MR) is 103 cm³/mol. The number of nitrogens with zero attached hydrogens (tertiary/aromatic N) is 1. The van der Waals surface area contributed by atoms with Crippen LogP contribution < -0.4 is 16.0 Å². The van der Waals surface area contributed by atoms with Crippen LogP contribution in [0, 0.1) is 5.92 Å².